The highest BCUT2D eigenvalue weighted by Gasteiger charge is 2.44. The molecular weight excluding hydrogens is 455 g/mol. The number of anilines is 3. The summed E-state index contributed by atoms with van der Waals surface area (Å²) < 4.78 is 32.1. The molecule has 1 aromatic carbocycles. The molecule has 2 bridgehead atoms. The van der Waals surface area contributed by atoms with Gasteiger partial charge in [0.2, 0.25) is 5.88 Å². The molecule has 2 aromatic rings. The van der Waals surface area contributed by atoms with Crippen LogP contribution >= 0.6 is 0 Å². The monoisotopic (exact) mass is 484 g/mol. The van der Waals surface area contributed by atoms with Gasteiger partial charge in [-0.15, -0.1) is 0 Å². The Morgan fingerprint density at radius 2 is 1.97 bits per heavy atom. The van der Waals surface area contributed by atoms with Crippen LogP contribution in [-0.2, 0) is 9.47 Å². The molecule has 35 heavy (non-hydrogen) atoms. The average molecular weight is 485 g/mol. The molecule has 2 saturated heterocycles. The standard InChI is InChI=1S/C24H29FN6O4/c1-24(2,3)35-23(32)31-9-15-11-33-12-16(10-31)20(15)34-22-19(27-4)21(28-13-29-22)30-18-6-5-14(8-26)7-17(18)25/h5-7,13,15-16,20,27H,9-12H2,1-4H3,(H,28,29,30). The van der Waals surface area contributed by atoms with Gasteiger partial charge in [-0.05, 0) is 39.0 Å². The van der Waals surface area contributed by atoms with E-state index in [0.29, 0.717) is 43.7 Å². The second kappa shape index (κ2) is 9.92. The number of carbonyl (C=O) groups excluding carboxylic acids is 1. The van der Waals surface area contributed by atoms with Gasteiger partial charge in [0.1, 0.15) is 29.5 Å². The summed E-state index contributed by atoms with van der Waals surface area (Å²) in [5.41, 5.74) is 0.280. The molecule has 1 amide bonds. The summed E-state index contributed by atoms with van der Waals surface area (Å²) in [7, 11) is 1.70. The predicted molar refractivity (Wildman–Crippen MR) is 126 cm³/mol. The molecule has 10 nitrogen and oxygen atoms in total. The molecular formula is C24H29FN6O4. The number of rotatable bonds is 5. The van der Waals surface area contributed by atoms with Crippen molar-refractivity contribution in [2.75, 3.05) is 44.0 Å². The molecule has 3 heterocycles. The fraction of sp³-hybridized carbons (Fsp3) is 0.500. The molecule has 4 rings (SSSR count). The smallest absolute Gasteiger partial charge is 0.410 e. The second-order valence-corrected chi connectivity index (χ2v) is 9.61. The molecule has 0 radical (unpaired) electrons. The van der Waals surface area contributed by atoms with Crippen LogP contribution in [0.15, 0.2) is 24.5 Å². The van der Waals surface area contributed by atoms with E-state index in [1.807, 2.05) is 26.8 Å². The molecule has 0 saturated carbocycles. The van der Waals surface area contributed by atoms with Crippen LogP contribution < -0.4 is 15.4 Å². The van der Waals surface area contributed by atoms with Crippen molar-refractivity contribution in [2.24, 2.45) is 11.8 Å². The van der Waals surface area contributed by atoms with Crippen LogP contribution in [0.2, 0.25) is 0 Å². The number of ether oxygens (including phenoxy) is 3. The number of piperidine rings is 1. The number of halogens is 1. The molecule has 2 aliphatic rings. The van der Waals surface area contributed by atoms with Crippen LogP contribution in [0.25, 0.3) is 0 Å². The summed E-state index contributed by atoms with van der Waals surface area (Å²) in [5, 5.41) is 14.9. The summed E-state index contributed by atoms with van der Waals surface area (Å²) in [6.07, 6.45) is 0.757. The van der Waals surface area contributed by atoms with E-state index in [0.717, 1.165) is 6.07 Å². The van der Waals surface area contributed by atoms with Crippen molar-refractivity contribution in [3.63, 3.8) is 0 Å². The van der Waals surface area contributed by atoms with E-state index in [2.05, 4.69) is 20.6 Å². The Morgan fingerprint density at radius 1 is 1.26 bits per heavy atom. The normalized spacial score (nSPS) is 21.6. The number of fused-ring (bicyclic) bond motifs is 2. The van der Waals surface area contributed by atoms with Gasteiger partial charge in [-0.25, -0.2) is 14.2 Å². The lowest BCUT2D eigenvalue weighted by molar-refractivity contribution is -0.113. The minimum atomic E-state index is -0.576. The van der Waals surface area contributed by atoms with Gasteiger partial charge in [-0.1, -0.05) is 0 Å². The lowest BCUT2D eigenvalue weighted by atomic mass is 9.84. The Balaban J connectivity index is 1.52. The van der Waals surface area contributed by atoms with Crippen LogP contribution in [0.3, 0.4) is 0 Å². The number of hydrogen-bond donors (Lipinski definition) is 2. The van der Waals surface area contributed by atoms with Crippen LogP contribution in [-0.4, -0.2) is 66.0 Å². The minimum absolute atomic E-state index is 0.0675. The molecule has 1 aromatic heterocycles. The number of benzene rings is 1. The van der Waals surface area contributed by atoms with E-state index in [-0.39, 0.29) is 35.3 Å². The van der Waals surface area contributed by atoms with Crippen molar-refractivity contribution in [1.82, 2.24) is 14.9 Å². The minimum Gasteiger partial charge on any atom is -0.472 e. The fourth-order valence-corrected chi connectivity index (χ4v) is 4.29. The molecule has 2 unspecified atom stereocenters. The van der Waals surface area contributed by atoms with E-state index in [4.69, 9.17) is 19.5 Å². The summed E-state index contributed by atoms with van der Waals surface area (Å²) in [6, 6.07) is 6.05. The van der Waals surface area contributed by atoms with Gasteiger partial charge in [0.05, 0.1) is 30.5 Å². The van der Waals surface area contributed by atoms with Crippen molar-refractivity contribution >= 4 is 23.3 Å². The van der Waals surface area contributed by atoms with Crippen molar-refractivity contribution in [3.8, 4) is 11.9 Å². The quantitative estimate of drug-likeness (QED) is 0.656. The highest BCUT2D eigenvalue weighted by Crippen LogP contribution is 2.36. The third-order valence-corrected chi connectivity index (χ3v) is 5.82. The van der Waals surface area contributed by atoms with Crippen molar-refractivity contribution < 1.29 is 23.4 Å². The molecule has 11 heteroatoms. The average Bonchev–Trinajstić information content (AvgIpc) is 2.79. The molecule has 2 atom stereocenters. The maximum Gasteiger partial charge on any atom is 0.410 e. The Bertz CT molecular complexity index is 1120. The number of nitrogens with zero attached hydrogens (tertiary/aromatic N) is 4. The predicted octanol–water partition coefficient (Wildman–Crippen LogP) is 3.53. The highest BCUT2D eigenvalue weighted by atomic mass is 19.1. The number of hydrogen-bond acceptors (Lipinski definition) is 9. The summed E-state index contributed by atoms with van der Waals surface area (Å²) in [5.74, 6) is -0.0714. The number of likely N-dealkylation sites (tertiary alicyclic amines) is 1. The number of amides is 1. The zero-order valence-corrected chi connectivity index (χ0v) is 20.2. The first kappa shape index (κ1) is 24.5. The van der Waals surface area contributed by atoms with E-state index >= 15 is 0 Å². The zero-order chi connectivity index (χ0) is 25.2. The third-order valence-electron chi connectivity index (χ3n) is 5.82. The molecule has 186 valence electrons. The van der Waals surface area contributed by atoms with Crippen LogP contribution in [0.1, 0.15) is 26.3 Å². The Hall–Kier alpha value is -3.65. The van der Waals surface area contributed by atoms with E-state index in [1.165, 1.54) is 18.5 Å². The SMILES string of the molecule is CNc1c(Nc2ccc(C#N)cc2F)ncnc1OC1C2COCC1CN(C(=O)OC(C)(C)C)C2. The maximum absolute atomic E-state index is 14.4. The summed E-state index contributed by atoms with van der Waals surface area (Å²) in [4.78, 5) is 22.9. The van der Waals surface area contributed by atoms with Gasteiger partial charge < -0.3 is 29.7 Å². The first-order chi connectivity index (χ1) is 16.7. The van der Waals surface area contributed by atoms with Gasteiger partial charge in [-0.3, -0.25) is 0 Å². The maximum atomic E-state index is 14.4. The summed E-state index contributed by atoms with van der Waals surface area (Å²) >= 11 is 0. The van der Waals surface area contributed by atoms with E-state index in [9.17, 15) is 9.18 Å². The first-order valence-electron chi connectivity index (χ1n) is 11.4. The van der Waals surface area contributed by atoms with Crippen molar-refractivity contribution in [1.29, 1.82) is 5.26 Å². The molecule has 2 aliphatic heterocycles. The Morgan fingerprint density at radius 3 is 2.57 bits per heavy atom. The van der Waals surface area contributed by atoms with Gasteiger partial charge in [0, 0.05) is 32.0 Å². The van der Waals surface area contributed by atoms with Crippen LogP contribution in [0.5, 0.6) is 5.88 Å². The van der Waals surface area contributed by atoms with Gasteiger partial charge in [-0.2, -0.15) is 10.2 Å². The molecule has 2 N–H and O–H groups in total. The number of nitriles is 1. The zero-order valence-electron chi connectivity index (χ0n) is 20.2. The van der Waals surface area contributed by atoms with Gasteiger partial charge >= 0.3 is 6.09 Å². The Kier molecular flexibility index (Phi) is 6.93. The topological polar surface area (TPSA) is 122 Å². The fourth-order valence-electron chi connectivity index (χ4n) is 4.29. The second-order valence-electron chi connectivity index (χ2n) is 9.61. The van der Waals surface area contributed by atoms with Crippen molar-refractivity contribution in [3.05, 3.63) is 35.9 Å². The number of nitrogens with one attached hydrogen (secondary N) is 2. The molecule has 0 aliphatic carbocycles. The van der Waals surface area contributed by atoms with Gasteiger partial charge in [0.15, 0.2) is 5.82 Å². The Labute approximate surface area is 203 Å². The van der Waals surface area contributed by atoms with Crippen molar-refractivity contribution in [2.45, 2.75) is 32.5 Å². The third kappa shape index (κ3) is 5.54. The summed E-state index contributed by atoms with van der Waals surface area (Å²) in [6.45, 7) is 7.30. The van der Waals surface area contributed by atoms with Crippen LogP contribution in [0.4, 0.5) is 26.4 Å². The highest BCUT2D eigenvalue weighted by molar-refractivity contribution is 5.74. The van der Waals surface area contributed by atoms with Crippen LogP contribution in [0, 0.1) is 29.0 Å². The number of carbonyl (C=O) groups is 1. The number of aromatic nitrogens is 2. The largest absolute Gasteiger partial charge is 0.472 e. The lowest BCUT2D eigenvalue weighted by Gasteiger charge is -2.46. The first-order valence-corrected chi connectivity index (χ1v) is 11.4. The van der Waals surface area contributed by atoms with Gasteiger partial charge in [0.25, 0.3) is 0 Å². The van der Waals surface area contributed by atoms with E-state index in [1.54, 1.807) is 11.9 Å². The van der Waals surface area contributed by atoms with E-state index < -0.39 is 11.4 Å². The molecule has 2 fully saturated rings. The lowest BCUT2D eigenvalue weighted by Crippen LogP contribution is -2.59. The molecule has 0 spiro atoms.